The standard InChI is InChI=1S/C19H18N4O3/c1-12-5-2-3-6-15(12)23-17(13-8-9-13)14(11-20-23)18(24)21-22-19(25)16-7-4-10-26-16/h2-7,10-11,13H,8-9H2,1H3,(H,21,24)(H,22,25). The molecule has 2 N–H and O–H groups in total. The van der Waals surface area contributed by atoms with Crippen molar-refractivity contribution in [2.45, 2.75) is 25.7 Å². The van der Waals surface area contributed by atoms with Gasteiger partial charge in [-0.3, -0.25) is 20.4 Å². The molecular weight excluding hydrogens is 332 g/mol. The van der Waals surface area contributed by atoms with E-state index < -0.39 is 11.8 Å². The van der Waals surface area contributed by atoms with Gasteiger partial charge in [-0.15, -0.1) is 0 Å². The first kappa shape index (κ1) is 16.1. The Bertz CT molecular complexity index is 955. The van der Waals surface area contributed by atoms with Gasteiger partial charge in [0.25, 0.3) is 5.91 Å². The molecule has 1 aliphatic rings. The number of benzene rings is 1. The normalized spacial score (nSPS) is 13.4. The molecule has 26 heavy (non-hydrogen) atoms. The summed E-state index contributed by atoms with van der Waals surface area (Å²) < 4.78 is 6.83. The minimum atomic E-state index is -0.511. The van der Waals surface area contributed by atoms with E-state index >= 15 is 0 Å². The number of hydrazine groups is 1. The van der Waals surface area contributed by atoms with E-state index in [-0.39, 0.29) is 5.76 Å². The maximum atomic E-state index is 12.6. The van der Waals surface area contributed by atoms with E-state index in [0.717, 1.165) is 29.8 Å². The third-order valence-electron chi connectivity index (χ3n) is 4.39. The summed E-state index contributed by atoms with van der Waals surface area (Å²) in [5, 5.41) is 4.43. The van der Waals surface area contributed by atoms with Gasteiger partial charge in [-0.1, -0.05) is 18.2 Å². The summed E-state index contributed by atoms with van der Waals surface area (Å²) >= 11 is 0. The Balaban J connectivity index is 1.58. The first-order valence-electron chi connectivity index (χ1n) is 8.43. The fraction of sp³-hybridized carbons (Fsp3) is 0.211. The SMILES string of the molecule is Cc1ccccc1-n1ncc(C(=O)NNC(=O)c2ccco2)c1C1CC1. The molecule has 1 aliphatic carbocycles. The quantitative estimate of drug-likeness (QED) is 0.708. The van der Waals surface area contributed by atoms with Gasteiger partial charge in [0, 0.05) is 5.92 Å². The van der Waals surface area contributed by atoms with Gasteiger partial charge in [0.1, 0.15) is 0 Å². The van der Waals surface area contributed by atoms with Crippen molar-refractivity contribution >= 4 is 11.8 Å². The van der Waals surface area contributed by atoms with Gasteiger partial charge in [0.15, 0.2) is 5.76 Å². The number of nitrogens with one attached hydrogen (secondary N) is 2. The Labute approximate surface area is 150 Å². The van der Waals surface area contributed by atoms with E-state index in [1.807, 2.05) is 35.9 Å². The van der Waals surface area contributed by atoms with Gasteiger partial charge >= 0.3 is 5.91 Å². The molecule has 0 aliphatic heterocycles. The zero-order valence-electron chi connectivity index (χ0n) is 14.2. The van der Waals surface area contributed by atoms with E-state index in [0.29, 0.717) is 11.5 Å². The molecule has 4 rings (SSSR count). The molecule has 1 aromatic carbocycles. The predicted octanol–water partition coefficient (Wildman–Crippen LogP) is 2.73. The van der Waals surface area contributed by atoms with E-state index in [1.165, 1.54) is 12.3 Å². The average Bonchev–Trinajstić information content (AvgIpc) is 3.16. The molecule has 0 spiro atoms. The van der Waals surface area contributed by atoms with Crippen molar-refractivity contribution in [3.8, 4) is 5.69 Å². The summed E-state index contributed by atoms with van der Waals surface area (Å²) in [6, 6.07) is 11.0. The Morgan fingerprint density at radius 1 is 1.12 bits per heavy atom. The van der Waals surface area contributed by atoms with Crippen LogP contribution < -0.4 is 10.9 Å². The molecule has 7 nitrogen and oxygen atoms in total. The number of hydrogen-bond donors (Lipinski definition) is 2. The van der Waals surface area contributed by atoms with Crippen LogP contribution in [0.4, 0.5) is 0 Å². The number of carbonyl (C=O) groups is 2. The first-order chi connectivity index (χ1) is 12.6. The van der Waals surface area contributed by atoms with E-state index in [9.17, 15) is 9.59 Å². The molecule has 0 unspecified atom stereocenters. The van der Waals surface area contributed by atoms with Gasteiger partial charge in [0.05, 0.1) is 29.4 Å². The number of para-hydroxylation sites is 1. The van der Waals surface area contributed by atoms with Crippen molar-refractivity contribution < 1.29 is 14.0 Å². The van der Waals surface area contributed by atoms with E-state index in [1.54, 1.807) is 12.3 Å². The summed E-state index contributed by atoms with van der Waals surface area (Å²) in [5.74, 6) is -0.476. The molecule has 7 heteroatoms. The zero-order chi connectivity index (χ0) is 18.1. The molecule has 2 heterocycles. The van der Waals surface area contributed by atoms with Crippen molar-refractivity contribution in [1.82, 2.24) is 20.6 Å². The van der Waals surface area contributed by atoms with Crippen LogP contribution in [-0.2, 0) is 0 Å². The number of furan rings is 1. The lowest BCUT2D eigenvalue weighted by atomic mass is 10.1. The highest BCUT2D eigenvalue weighted by molar-refractivity contribution is 5.98. The van der Waals surface area contributed by atoms with Crippen LogP contribution in [0, 0.1) is 6.92 Å². The van der Waals surface area contributed by atoms with Gasteiger partial charge in [0.2, 0.25) is 0 Å². The monoisotopic (exact) mass is 350 g/mol. The lowest BCUT2D eigenvalue weighted by molar-refractivity contribution is 0.0830. The Kier molecular flexibility index (Phi) is 4.04. The van der Waals surface area contributed by atoms with Crippen LogP contribution in [0.25, 0.3) is 5.69 Å². The number of carbonyl (C=O) groups excluding carboxylic acids is 2. The van der Waals surface area contributed by atoms with Gasteiger partial charge in [-0.25, -0.2) is 4.68 Å². The summed E-state index contributed by atoms with van der Waals surface area (Å²) in [4.78, 5) is 24.5. The second-order valence-corrected chi connectivity index (χ2v) is 6.30. The number of nitrogens with zero attached hydrogens (tertiary/aromatic N) is 2. The van der Waals surface area contributed by atoms with Crippen LogP contribution in [0.15, 0.2) is 53.3 Å². The van der Waals surface area contributed by atoms with Crippen molar-refractivity contribution in [3.63, 3.8) is 0 Å². The van der Waals surface area contributed by atoms with Crippen LogP contribution in [0.1, 0.15) is 50.9 Å². The second kappa shape index (κ2) is 6.51. The van der Waals surface area contributed by atoms with Crippen LogP contribution in [-0.4, -0.2) is 21.6 Å². The summed E-state index contributed by atoms with van der Waals surface area (Å²) in [5.41, 5.74) is 8.18. The van der Waals surface area contributed by atoms with E-state index in [2.05, 4.69) is 16.0 Å². The van der Waals surface area contributed by atoms with Crippen molar-refractivity contribution in [3.05, 3.63) is 71.4 Å². The Morgan fingerprint density at radius 3 is 2.58 bits per heavy atom. The van der Waals surface area contributed by atoms with Crippen LogP contribution >= 0.6 is 0 Å². The van der Waals surface area contributed by atoms with E-state index in [4.69, 9.17) is 4.42 Å². The molecule has 132 valence electrons. The second-order valence-electron chi connectivity index (χ2n) is 6.30. The molecule has 2 aromatic heterocycles. The summed E-state index contributed by atoms with van der Waals surface area (Å²) in [7, 11) is 0. The topological polar surface area (TPSA) is 89.2 Å². The molecule has 2 amide bonds. The fourth-order valence-corrected chi connectivity index (χ4v) is 2.93. The zero-order valence-corrected chi connectivity index (χ0v) is 14.2. The number of aromatic nitrogens is 2. The lowest BCUT2D eigenvalue weighted by Crippen LogP contribution is -2.41. The minimum absolute atomic E-state index is 0.128. The Hall–Kier alpha value is -3.35. The van der Waals surface area contributed by atoms with Gasteiger partial charge in [-0.05, 0) is 43.5 Å². The molecule has 0 bridgehead atoms. The average molecular weight is 350 g/mol. The fourth-order valence-electron chi connectivity index (χ4n) is 2.93. The van der Waals surface area contributed by atoms with Crippen molar-refractivity contribution in [1.29, 1.82) is 0 Å². The number of rotatable bonds is 4. The Morgan fingerprint density at radius 2 is 1.88 bits per heavy atom. The summed E-state index contributed by atoms with van der Waals surface area (Å²) in [6.45, 7) is 2.01. The first-order valence-corrected chi connectivity index (χ1v) is 8.43. The predicted molar refractivity (Wildman–Crippen MR) is 93.9 cm³/mol. The summed E-state index contributed by atoms with van der Waals surface area (Å²) in [6.07, 6.45) is 5.00. The van der Waals surface area contributed by atoms with Crippen LogP contribution in [0.5, 0.6) is 0 Å². The highest BCUT2D eigenvalue weighted by Crippen LogP contribution is 2.42. The molecule has 1 fully saturated rings. The third-order valence-corrected chi connectivity index (χ3v) is 4.39. The maximum Gasteiger partial charge on any atom is 0.305 e. The molecule has 0 saturated heterocycles. The van der Waals surface area contributed by atoms with Crippen LogP contribution in [0.3, 0.4) is 0 Å². The van der Waals surface area contributed by atoms with Crippen LogP contribution in [0.2, 0.25) is 0 Å². The molecule has 0 radical (unpaired) electrons. The largest absolute Gasteiger partial charge is 0.459 e. The molecule has 3 aromatic rings. The van der Waals surface area contributed by atoms with Crippen molar-refractivity contribution in [2.75, 3.05) is 0 Å². The van der Waals surface area contributed by atoms with Gasteiger partial charge in [-0.2, -0.15) is 5.10 Å². The number of aryl methyl sites for hydroxylation is 1. The smallest absolute Gasteiger partial charge is 0.305 e. The molecule has 0 atom stereocenters. The number of hydrogen-bond acceptors (Lipinski definition) is 4. The highest BCUT2D eigenvalue weighted by atomic mass is 16.3. The molecule has 1 saturated carbocycles. The molecular formula is C19H18N4O3. The highest BCUT2D eigenvalue weighted by Gasteiger charge is 2.33. The third kappa shape index (κ3) is 2.99. The van der Waals surface area contributed by atoms with Crippen molar-refractivity contribution in [2.24, 2.45) is 0 Å². The lowest BCUT2D eigenvalue weighted by Gasteiger charge is -2.11. The number of amides is 2. The van der Waals surface area contributed by atoms with Gasteiger partial charge < -0.3 is 4.42 Å². The maximum absolute atomic E-state index is 12.6. The minimum Gasteiger partial charge on any atom is -0.459 e.